The lowest BCUT2D eigenvalue weighted by molar-refractivity contribution is 0.519. The molecule has 0 bridgehead atoms. The summed E-state index contributed by atoms with van der Waals surface area (Å²) in [6.07, 6.45) is 2.35. The Labute approximate surface area is 112 Å². The van der Waals surface area contributed by atoms with E-state index in [0.717, 1.165) is 24.1 Å². The minimum atomic E-state index is -0.126. The summed E-state index contributed by atoms with van der Waals surface area (Å²) < 4.78 is 13.7. The summed E-state index contributed by atoms with van der Waals surface area (Å²) in [5.41, 5.74) is 0.719. The molecule has 1 aromatic rings. The van der Waals surface area contributed by atoms with E-state index in [4.69, 9.17) is 0 Å². The van der Waals surface area contributed by atoms with E-state index in [1.54, 1.807) is 6.07 Å². The highest BCUT2D eigenvalue weighted by molar-refractivity contribution is 9.09. The molecular formula is C14H21BrFN. The number of anilines is 1. The second-order valence-electron chi connectivity index (χ2n) is 4.30. The summed E-state index contributed by atoms with van der Waals surface area (Å²) in [4.78, 5) is 2.12. The maximum atomic E-state index is 13.7. The van der Waals surface area contributed by atoms with Crippen LogP contribution in [0.2, 0.25) is 0 Å². The molecule has 3 heteroatoms. The molecule has 1 aromatic carbocycles. The van der Waals surface area contributed by atoms with Gasteiger partial charge in [0.25, 0.3) is 0 Å². The number of hydrogen-bond donors (Lipinski definition) is 0. The zero-order valence-electron chi connectivity index (χ0n) is 10.6. The molecule has 0 fully saturated rings. The Morgan fingerprint density at radius 3 is 2.53 bits per heavy atom. The molecule has 0 heterocycles. The lowest BCUT2D eigenvalue weighted by Crippen LogP contribution is -2.30. The predicted octanol–water partition coefficient (Wildman–Crippen LogP) is 4.46. The molecule has 96 valence electrons. The van der Waals surface area contributed by atoms with Gasteiger partial charge in [-0.2, -0.15) is 0 Å². The van der Waals surface area contributed by atoms with Crippen LogP contribution in [0.5, 0.6) is 0 Å². The van der Waals surface area contributed by atoms with Gasteiger partial charge >= 0.3 is 0 Å². The first kappa shape index (κ1) is 14.5. The highest BCUT2D eigenvalue weighted by atomic mass is 79.9. The lowest BCUT2D eigenvalue weighted by atomic mass is 10.1. The summed E-state index contributed by atoms with van der Waals surface area (Å²) in [5, 5.41) is 0.978. The van der Waals surface area contributed by atoms with Crippen molar-refractivity contribution >= 4 is 21.6 Å². The SMILES string of the molecule is CCCC(CBr)CN(CC)c1ccccc1F. The second-order valence-corrected chi connectivity index (χ2v) is 4.95. The molecule has 0 aliphatic carbocycles. The normalized spacial score (nSPS) is 12.5. The van der Waals surface area contributed by atoms with Gasteiger partial charge in [-0.25, -0.2) is 4.39 Å². The van der Waals surface area contributed by atoms with Gasteiger partial charge in [-0.15, -0.1) is 0 Å². The molecule has 17 heavy (non-hydrogen) atoms. The molecule has 0 spiro atoms. The van der Waals surface area contributed by atoms with E-state index in [2.05, 4.69) is 34.7 Å². The van der Waals surface area contributed by atoms with E-state index in [-0.39, 0.29) is 5.82 Å². The highest BCUT2D eigenvalue weighted by Crippen LogP contribution is 2.21. The first-order chi connectivity index (χ1) is 8.22. The average Bonchev–Trinajstić information content (AvgIpc) is 2.35. The zero-order valence-corrected chi connectivity index (χ0v) is 12.2. The quantitative estimate of drug-likeness (QED) is 0.672. The van der Waals surface area contributed by atoms with Gasteiger partial charge < -0.3 is 4.90 Å². The van der Waals surface area contributed by atoms with Crippen LogP contribution in [0.3, 0.4) is 0 Å². The Morgan fingerprint density at radius 2 is 2.00 bits per heavy atom. The van der Waals surface area contributed by atoms with Gasteiger partial charge in [0.1, 0.15) is 5.82 Å². The van der Waals surface area contributed by atoms with Crippen LogP contribution in [0.15, 0.2) is 24.3 Å². The fraction of sp³-hybridized carbons (Fsp3) is 0.571. The largest absolute Gasteiger partial charge is 0.369 e. The molecule has 0 saturated heterocycles. The van der Waals surface area contributed by atoms with Crippen molar-refractivity contribution in [3.8, 4) is 0 Å². The number of alkyl halides is 1. The van der Waals surface area contributed by atoms with E-state index in [1.807, 2.05) is 12.1 Å². The molecule has 0 saturated carbocycles. The van der Waals surface area contributed by atoms with Crippen molar-refractivity contribution in [3.05, 3.63) is 30.1 Å². The molecule has 1 rings (SSSR count). The molecule has 0 radical (unpaired) electrons. The minimum absolute atomic E-state index is 0.126. The van der Waals surface area contributed by atoms with Crippen LogP contribution in [0.4, 0.5) is 10.1 Å². The molecule has 1 atom stereocenters. The summed E-state index contributed by atoms with van der Waals surface area (Å²) in [5.74, 6) is 0.457. The average molecular weight is 302 g/mol. The van der Waals surface area contributed by atoms with Crippen molar-refractivity contribution in [2.24, 2.45) is 5.92 Å². The molecule has 0 aromatic heterocycles. The fourth-order valence-electron chi connectivity index (χ4n) is 2.04. The minimum Gasteiger partial charge on any atom is -0.369 e. The molecule has 1 nitrogen and oxygen atoms in total. The first-order valence-corrected chi connectivity index (χ1v) is 7.40. The van der Waals surface area contributed by atoms with Gasteiger partial charge in [0.2, 0.25) is 0 Å². The standard InChI is InChI=1S/C14H21BrFN/c1-3-7-12(10-15)11-17(4-2)14-9-6-5-8-13(14)16/h5-6,8-9,12H,3-4,7,10-11H2,1-2H3. The Balaban J connectivity index is 2.74. The van der Waals surface area contributed by atoms with Gasteiger partial charge in [0.15, 0.2) is 0 Å². The van der Waals surface area contributed by atoms with Crippen LogP contribution in [0, 0.1) is 11.7 Å². The molecule has 1 unspecified atom stereocenters. The van der Waals surface area contributed by atoms with Gasteiger partial charge in [-0.1, -0.05) is 41.4 Å². The van der Waals surface area contributed by atoms with Crippen LogP contribution in [-0.4, -0.2) is 18.4 Å². The van der Waals surface area contributed by atoms with E-state index in [0.29, 0.717) is 5.92 Å². The Morgan fingerprint density at radius 1 is 1.29 bits per heavy atom. The van der Waals surface area contributed by atoms with Crippen molar-refractivity contribution in [1.29, 1.82) is 0 Å². The molecule has 0 amide bonds. The van der Waals surface area contributed by atoms with E-state index in [9.17, 15) is 4.39 Å². The smallest absolute Gasteiger partial charge is 0.146 e. The summed E-state index contributed by atoms with van der Waals surface area (Å²) in [7, 11) is 0. The molecular weight excluding hydrogens is 281 g/mol. The lowest BCUT2D eigenvalue weighted by Gasteiger charge is -2.27. The molecule has 0 N–H and O–H groups in total. The van der Waals surface area contributed by atoms with Crippen LogP contribution >= 0.6 is 15.9 Å². The number of benzene rings is 1. The van der Waals surface area contributed by atoms with Crippen molar-refractivity contribution < 1.29 is 4.39 Å². The number of halogens is 2. The number of hydrogen-bond acceptors (Lipinski definition) is 1. The molecule has 0 aliphatic heterocycles. The van der Waals surface area contributed by atoms with E-state index >= 15 is 0 Å². The predicted molar refractivity (Wildman–Crippen MR) is 76.5 cm³/mol. The number of nitrogens with zero attached hydrogens (tertiary/aromatic N) is 1. The third-order valence-electron chi connectivity index (χ3n) is 2.97. The number of para-hydroxylation sites is 1. The van der Waals surface area contributed by atoms with Crippen molar-refractivity contribution in [1.82, 2.24) is 0 Å². The van der Waals surface area contributed by atoms with Crippen molar-refractivity contribution in [2.45, 2.75) is 26.7 Å². The Bertz CT molecular complexity index is 330. The summed E-state index contributed by atoms with van der Waals surface area (Å²) in [6, 6.07) is 7.02. The van der Waals surface area contributed by atoms with Crippen LogP contribution in [0.25, 0.3) is 0 Å². The van der Waals surface area contributed by atoms with Gasteiger partial charge in [-0.3, -0.25) is 0 Å². The van der Waals surface area contributed by atoms with Crippen molar-refractivity contribution in [2.75, 3.05) is 23.3 Å². The number of rotatable bonds is 7. The molecule has 0 aliphatic rings. The Kier molecular flexibility index (Phi) is 6.56. The van der Waals surface area contributed by atoms with Gasteiger partial charge in [0, 0.05) is 18.4 Å². The summed E-state index contributed by atoms with van der Waals surface area (Å²) >= 11 is 3.55. The maximum Gasteiger partial charge on any atom is 0.146 e. The van der Waals surface area contributed by atoms with Crippen LogP contribution in [0.1, 0.15) is 26.7 Å². The zero-order chi connectivity index (χ0) is 12.7. The second kappa shape index (κ2) is 7.70. The third kappa shape index (κ3) is 4.30. The first-order valence-electron chi connectivity index (χ1n) is 6.28. The monoisotopic (exact) mass is 301 g/mol. The Hall–Kier alpha value is -0.570. The fourth-order valence-corrected chi connectivity index (χ4v) is 2.57. The topological polar surface area (TPSA) is 3.24 Å². The van der Waals surface area contributed by atoms with Crippen LogP contribution < -0.4 is 4.90 Å². The van der Waals surface area contributed by atoms with Crippen LogP contribution in [-0.2, 0) is 0 Å². The van der Waals surface area contributed by atoms with Gasteiger partial charge in [-0.05, 0) is 31.4 Å². The highest BCUT2D eigenvalue weighted by Gasteiger charge is 2.14. The maximum absolute atomic E-state index is 13.7. The van der Waals surface area contributed by atoms with E-state index in [1.165, 1.54) is 18.9 Å². The summed E-state index contributed by atoms with van der Waals surface area (Å²) in [6.45, 7) is 6.02. The van der Waals surface area contributed by atoms with Crippen molar-refractivity contribution in [3.63, 3.8) is 0 Å². The van der Waals surface area contributed by atoms with Gasteiger partial charge in [0.05, 0.1) is 5.69 Å². The third-order valence-corrected chi connectivity index (χ3v) is 3.88. The van der Waals surface area contributed by atoms with E-state index < -0.39 is 0 Å².